The summed E-state index contributed by atoms with van der Waals surface area (Å²) in [7, 11) is 0. The van der Waals surface area contributed by atoms with Gasteiger partial charge < -0.3 is 19.8 Å². The number of nitrogens with zero attached hydrogens (tertiary/aromatic N) is 1. The van der Waals surface area contributed by atoms with Gasteiger partial charge in [0, 0.05) is 36.0 Å². The van der Waals surface area contributed by atoms with Crippen LogP contribution in [0.15, 0.2) is 54.9 Å². The van der Waals surface area contributed by atoms with Crippen molar-refractivity contribution in [3.8, 4) is 5.88 Å². The van der Waals surface area contributed by atoms with E-state index in [2.05, 4.69) is 15.3 Å². The Morgan fingerprint density at radius 2 is 2.15 bits per heavy atom. The van der Waals surface area contributed by atoms with Gasteiger partial charge in [-0.2, -0.15) is 0 Å². The summed E-state index contributed by atoms with van der Waals surface area (Å²) < 4.78 is 11.4. The molecular formula is C20H21N3O3. The number of para-hydroxylation sites is 1. The van der Waals surface area contributed by atoms with E-state index in [0.29, 0.717) is 25.5 Å². The number of aromatic nitrogens is 2. The zero-order valence-electron chi connectivity index (χ0n) is 14.4. The van der Waals surface area contributed by atoms with Crippen molar-refractivity contribution in [2.45, 2.75) is 25.0 Å². The Hall–Kier alpha value is -2.86. The molecule has 1 saturated heterocycles. The van der Waals surface area contributed by atoms with Crippen molar-refractivity contribution >= 4 is 16.8 Å². The largest absolute Gasteiger partial charge is 0.470 e. The maximum atomic E-state index is 12.6. The van der Waals surface area contributed by atoms with Gasteiger partial charge in [0.1, 0.15) is 6.10 Å². The molecule has 4 rings (SSSR count). The molecule has 0 radical (unpaired) electrons. The fourth-order valence-electron chi connectivity index (χ4n) is 3.27. The van der Waals surface area contributed by atoms with Crippen LogP contribution in [0.25, 0.3) is 10.9 Å². The molecule has 0 saturated carbocycles. The molecule has 26 heavy (non-hydrogen) atoms. The van der Waals surface area contributed by atoms with Crippen molar-refractivity contribution < 1.29 is 14.3 Å². The third kappa shape index (κ3) is 3.70. The monoisotopic (exact) mass is 351 g/mol. The number of nitrogens with one attached hydrogen (secondary N) is 2. The third-order valence-electron chi connectivity index (χ3n) is 4.59. The Balaban J connectivity index is 1.41. The smallest absolute Gasteiger partial charge is 0.224 e. The second kappa shape index (κ2) is 7.58. The molecule has 1 aliphatic heterocycles. The predicted octanol–water partition coefficient (Wildman–Crippen LogP) is 2.46. The molecule has 0 spiro atoms. The van der Waals surface area contributed by atoms with Crippen LogP contribution in [-0.4, -0.2) is 41.2 Å². The van der Waals surface area contributed by atoms with Crippen LogP contribution in [0.5, 0.6) is 5.88 Å². The molecule has 2 atom stereocenters. The third-order valence-corrected chi connectivity index (χ3v) is 4.59. The zero-order chi connectivity index (χ0) is 17.8. The van der Waals surface area contributed by atoms with E-state index in [1.165, 1.54) is 0 Å². The van der Waals surface area contributed by atoms with E-state index in [4.69, 9.17) is 9.47 Å². The average Bonchev–Trinajstić information content (AvgIpc) is 3.07. The first-order valence-corrected chi connectivity index (χ1v) is 8.79. The lowest BCUT2D eigenvalue weighted by Crippen LogP contribution is -2.51. The lowest BCUT2D eigenvalue weighted by Gasteiger charge is -2.32. The van der Waals surface area contributed by atoms with Crippen LogP contribution in [0.4, 0.5) is 0 Å². The van der Waals surface area contributed by atoms with Gasteiger partial charge >= 0.3 is 0 Å². The number of rotatable bonds is 5. The Bertz CT molecular complexity index is 878. The predicted molar refractivity (Wildman–Crippen MR) is 98.0 cm³/mol. The van der Waals surface area contributed by atoms with E-state index in [9.17, 15) is 4.79 Å². The molecule has 0 unspecified atom stereocenters. The number of aromatic amines is 1. The van der Waals surface area contributed by atoms with E-state index >= 15 is 0 Å². The van der Waals surface area contributed by atoms with Crippen molar-refractivity contribution in [1.29, 1.82) is 0 Å². The maximum Gasteiger partial charge on any atom is 0.224 e. The van der Waals surface area contributed by atoms with Gasteiger partial charge in [-0.1, -0.05) is 24.3 Å². The maximum absolute atomic E-state index is 12.6. The molecule has 0 aliphatic carbocycles. The second-order valence-electron chi connectivity index (χ2n) is 6.40. The van der Waals surface area contributed by atoms with Crippen LogP contribution >= 0.6 is 0 Å². The summed E-state index contributed by atoms with van der Waals surface area (Å²) in [5, 5.41) is 4.19. The molecule has 3 heterocycles. The first-order valence-electron chi connectivity index (χ1n) is 8.79. The van der Waals surface area contributed by atoms with Crippen LogP contribution in [0.2, 0.25) is 0 Å². The van der Waals surface area contributed by atoms with Gasteiger partial charge in [0.05, 0.1) is 19.1 Å². The minimum Gasteiger partial charge on any atom is -0.470 e. The van der Waals surface area contributed by atoms with Gasteiger partial charge in [-0.05, 0) is 24.1 Å². The quantitative estimate of drug-likeness (QED) is 0.740. The van der Waals surface area contributed by atoms with Crippen LogP contribution in [0, 0.1) is 0 Å². The molecule has 1 amide bonds. The molecule has 1 fully saturated rings. The topological polar surface area (TPSA) is 76.2 Å². The van der Waals surface area contributed by atoms with E-state index in [-0.39, 0.29) is 18.1 Å². The summed E-state index contributed by atoms with van der Waals surface area (Å²) in [6, 6.07) is 13.4. The van der Waals surface area contributed by atoms with Crippen molar-refractivity contribution in [2.24, 2.45) is 0 Å². The molecular weight excluding hydrogens is 330 g/mol. The minimum absolute atomic E-state index is 0.0173. The summed E-state index contributed by atoms with van der Waals surface area (Å²) in [6.45, 7) is 1.05. The summed E-state index contributed by atoms with van der Waals surface area (Å²) in [4.78, 5) is 20.0. The summed E-state index contributed by atoms with van der Waals surface area (Å²) in [6.07, 6.45) is 4.39. The average molecular weight is 351 g/mol. The molecule has 2 aromatic heterocycles. The van der Waals surface area contributed by atoms with Crippen LogP contribution < -0.4 is 10.1 Å². The highest BCUT2D eigenvalue weighted by Crippen LogP contribution is 2.19. The number of pyridine rings is 1. The summed E-state index contributed by atoms with van der Waals surface area (Å²) >= 11 is 0. The number of hydrogen-bond donors (Lipinski definition) is 2. The van der Waals surface area contributed by atoms with Crippen LogP contribution in [0.1, 0.15) is 12.0 Å². The Morgan fingerprint density at radius 1 is 1.27 bits per heavy atom. The van der Waals surface area contributed by atoms with Gasteiger partial charge in [-0.3, -0.25) is 4.79 Å². The highest BCUT2D eigenvalue weighted by molar-refractivity contribution is 5.88. The van der Waals surface area contributed by atoms with Gasteiger partial charge in [0.2, 0.25) is 11.8 Å². The number of amides is 1. The highest BCUT2D eigenvalue weighted by Gasteiger charge is 2.29. The summed E-state index contributed by atoms with van der Waals surface area (Å²) in [5.74, 6) is 0.523. The first-order chi connectivity index (χ1) is 12.8. The molecule has 134 valence electrons. The van der Waals surface area contributed by atoms with E-state index in [1.54, 1.807) is 12.3 Å². The molecule has 3 aromatic rings. The van der Waals surface area contributed by atoms with E-state index in [1.807, 2.05) is 42.6 Å². The number of hydrogen-bond acceptors (Lipinski definition) is 4. The van der Waals surface area contributed by atoms with E-state index in [0.717, 1.165) is 22.9 Å². The molecule has 2 N–H and O–H groups in total. The molecule has 6 nitrogen and oxygen atoms in total. The minimum atomic E-state index is -0.245. The Kier molecular flexibility index (Phi) is 4.84. The second-order valence-corrected chi connectivity index (χ2v) is 6.40. The van der Waals surface area contributed by atoms with Gasteiger partial charge in [0.25, 0.3) is 0 Å². The standard InChI is InChI=1S/C20H21N3O3/c24-19(11-14-12-22-16-6-2-1-5-15(14)16)23-17-8-10-25-13-18(17)26-20-7-3-4-9-21-20/h1-7,9,12,17-18,22H,8,10-11,13H2,(H,23,24)/t17-,18-/m1/s1. The molecule has 1 aliphatic rings. The van der Waals surface area contributed by atoms with Gasteiger partial charge in [0.15, 0.2) is 0 Å². The van der Waals surface area contributed by atoms with Crippen molar-refractivity contribution in [3.05, 3.63) is 60.4 Å². The number of benzene rings is 1. The van der Waals surface area contributed by atoms with Crippen LogP contribution in [-0.2, 0) is 16.0 Å². The fourth-order valence-corrected chi connectivity index (χ4v) is 3.27. The van der Waals surface area contributed by atoms with Crippen molar-refractivity contribution in [3.63, 3.8) is 0 Å². The molecule has 0 bridgehead atoms. The van der Waals surface area contributed by atoms with Gasteiger partial charge in [-0.15, -0.1) is 0 Å². The Morgan fingerprint density at radius 3 is 3.04 bits per heavy atom. The zero-order valence-corrected chi connectivity index (χ0v) is 14.4. The van der Waals surface area contributed by atoms with E-state index < -0.39 is 0 Å². The van der Waals surface area contributed by atoms with Gasteiger partial charge in [-0.25, -0.2) is 4.98 Å². The Labute approximate surface area is 151 Å². The molecule has 1 aromatic carbocycles. The number of ether oxygens (including phenoxy) is 2. The summed E-state index contributed by atoms with van der Waals surface area (Å²) in [5.41, 5.74) is 2.03. The molecule has 6 heteroatoms. The number of carbonyl (C=O) groups excluding carboxylic acids is 1. The number of H-pyrrole nitrogens is 1. The number of fused-ring (bicyclic) bond motifs is 1. The van der Waals surface area contributed by atoms with Crippen LogP contribution in [0.3, 0.4) is 0 Å². The number of carbonyl (C=O) groups is 1. The lowest BCUT2D eigenvalue weighted by atomic mass is 10.0. The fraction of sp³-hybridized carbons (Fsp3) is 0.300. The first kappa shape index (κ1) is 16.6. The lowest BCUT2D eigenvalue weighted by molar-refractivity contribution is -0.123. The van der Waals surface area contributed by atoms with Crippen molar-refractivity contribution in [2.75, 3.05) is 13.2 Å². The van der Waals surface area contributed by atoms with Crippen molar-refractivity contribution in [1.82, 2.24) is 15.3 Å². The normalized spacial score (nSPS) is 20.0. The SMILES string of the molecule is O=C(Cc1c[nH]c2ccccc12)N[C@@H]1CCOC[C@H]1Oc1ccccn1. The highest BCUT2D eigenvalue weighted by atomic mass is 16.5.